The summed E-state index contributed by atoms with van der Waals surface area (Å²) in [7, 11) is 1.83. The summed E-state index contributed by atoms with van der Waals surface area (Å²) in [6.45, 7) is 3.67. The molecular formula is C17H21IN4. The van der Waals surface area contributed by atoms with Crippen molar-refractivity contribution in [2.75, 3.05) is 18.5 Å². The van der Waals surface area contributed by atoms with Crippen LogP contribution < -0.4 is 10.2 Å². The Bertz CT molecular complexity index is 669. The van der Waals surface area contributed by atoms with Crippen LogP contribution in [0.1, 0.15) is 17.0 Å². The van der Waals surface area contributed by atoms with E-state index < -0.39 is 0 Å². The first-order valence-electron chi connectivity index (χ1n) is 7.26. The van der Waals surface area contributed by atoms with E-state index in [0.717, 1.165) is 30.3 Å². The largest absolute Gasteiger partial charge is 0.350 e. The fourth-order valence-electron chi connectivity index (χ4n) is 2.72. The number of fused-ring (bicyclic) bond motifs is 1. The first-order valence-corrected chi connectivity index (χ1v) is 7.26. The highest BCUT2D eigenvalue weighted by atomic mass is 127. The minimum absolute atomic E-state index is 0. The summed E-state index contributed by atoms with van der Waals surface area (Å²) < 4.78 is 0. The second kappa shape index (κ2) is 7.58. The summed E-state index contributed by atoms with van der Waals surface area (Å²) in [6, 6.07) is 14.6. The Labute approximate surface area is 148 Å². The SMILES string of the molecule is CN=C(NCc1cccc(C)n1)N1CCc2ccccc21.I. The quantitative estimate of drug-likeness (QED) is 0.472. The molecule has 0 saturated carbocycles. The number of guanidine groups is 1. The van der Waals surface area contributed by atoms with E-state index in [1.807, 2.05) is 32.2 Å². The van der Waals surface area contributed by atoms with Gasteiger partial charge in [-0.2, -0.15) is 0 Å². The number of benzene rings is 1. The number of nitrogens with zero attached hydrogens (tertiary/aromatic N) is 3. The van der Waals surface area contributed by atoms with E-state index in [9.17, 15) is 0 Å². The Balaban J connectivity index is 0.00000176. The monoisotopic (exact) mass is 408 g/mol. The molecule has 1 aliphatic heterocycles. The van der Waals surface area contributed by atoms with E-state index in [2.05, 4.69) is 44.5 Å². The van der Waals surface area contributed by atoms with Crippen LogP contribution in [0.3, 0.4) is 0 Å². The van der Waals surface area contributed by atoms with Crippen LogP contribution in [0, 0.1) is 6.92 Å². The summed E-state index contributed by atoms with van der Waals surface area (Å²) in [5, 5.41) is 3.41. The van der Waals surface area contributed by atoms with E-state index in [-0.39, 0.29) is 24.0 Å². The van der Waals surface area contributed by atoms with Crippen LogP contribution in [0.5, 0.6) is 0 Å². The molecule has 3 rings (SSSR count). The summed E-state index contributed by atoms with van der Waals surface area (Å²) in [5.41, 5.74) is 4.70. The van der Waals surface area contributed by atoms with Gasteiger partial charge >= 0.3 is 0 Å². The molecule has 0 saturated heterocycles. The smallest absolute Gasteiger partial charge is 0.198 e. The van der Waals surface area contributed by atoms with Crippen LogP contribution in [0.25, 0.3) is 0 Å². The van der Waals surface area contributed by atoms with Crippen molar-refractivity contribution in [3.63, 3.8) is 0 Å². The Morgan fingerprint density at radius 1 is 1.23 bits per heavy atom. The molecule has 1 N–H and O–H groups in total. The van der Waals surface area contributed by atoms with E-state index in [1.54, 1.807) is 0 Å². The average Bonchev–Trinajstić information content (AvgIpc) is 2.92. The molecule has 1 aromatic heterocycles. The first kappa shape index (κ1) is 16.7. The number of anilines is 1. The van der Waals surface area contributed by atoms with Gasteiger partial charge in [-0.15, -0.1) is 24.0 Å². The van der Waals surface area contributed by atoms with Crippen LogP contribution in [0.2, 0.25) is 0 Å². The lowest BCUT2D eigenvalue weighted by atomic mass is 10.2. The predicted octanol–water partition coefficient (Wildman–Crippen LogP) is 3.15. The highest BCUT2D eigenvalue weighted by Crippen LogP contribution is 2.27. The number of para-hydroxylation sites is 1. The lowest BCUT2D eigenvalue weighted by molar-refractivity contribution is 0.835. The van der Waals surface area contributed by atoms with Crippen molar-refractivity contribution in [2.45, 2.75) is 19.9 Å². The molecule has 116 valence electrons. The molecule has 0 atom stereocenters. The van der Waals surface area contributed by atoms with Crippen LogP contribution in [-0.2, 0) is 13.0 Å². The normalized spacial score (nSPS) is 13.5. The Kier molecular flexibility index (Phi) is 5.76. The summed E-state index contributed by atoms with van der Waals surface area (Å²) in [6.07, 6.45) is 1.07. The molecule has 0 bridgehead atoms. The number of nitrogens with one attached hydrogen (secondary N) is 1. The summed E-state index contributed by atoms with van der Waals surface area (Å²) >= 11 is 0. The van der Waals surface area contributed by atoms with Gasteiger partial charge in [-0.3, -0.25) is 9.98 Å². The molecule has 4 nitrogen and oxygen atoms in total. The first-order chi connectivity index (χ1) is 10.3. The van der Waals surface area contributed by atoms with Crippen molar-refractivity contribution in [2.24, 2.45) is 4.99 Å². The Morgan fingerprint density at radius 3 is 2.82 bits per heavy atom. The molecular weight excluding hydrogens is 387 g/mol. The van der Waals surface area contributed by atoms with Gasteiger partial charge in [0.05, 0.1) is 12.2 Å². The van der Waals surface area contributed by atoms with Crippen molar-refractivity contribution >= 4 is 35.6 Å². The van der Waals surface area contributed by atoms with E-state index in [4.69, 9.17) is 0 Å². The number of aliphatic imine (C=N–C) groups is 1. The van der Waals surface area contributed by atoms with Crippen molar-refractivity contribution < 1.29 is 0 Å². The molecule has 5 heteroatoms. The third-order valence-corrected chi connectivity index (χ3v) is 3.73. The Hall–Kier alpha value is -1.63. The minimum Gasteiger partial charge on any atom is -0.350 e. The van der Waals surface area contributed by atoms with Gasteiger partial charge in [-0.05, 0) is 37.1 Å². The van der Waals surface area contributed by atoms with Gasteiger partial charge in [0, 0.05) is 25.0 Å². The minimum atomic E-state index is 0. The van der Waals surface area contributed by atoms with Crippen LogP contribution >= 0.6 is 24.0 Å². The maximum absolute atomic E-state index is 4.51. The van der Waals surface area contributed by atoms with Gasteiger partial charge < -0.3 is 10.2 Å². The highest BCUT2D eigenvalue weighted by molar-refractivity contribution is 14.0. The van der Waals surface area contributed by atoms with Crippen molar-refractivity contribution in [1.29, 1.82) is 0 Å². The number of aromatic nitrogens is 1. The Morgan fingerprint density at radius 2 is 2.05 bits per heavy atom. The standard InChI is InChI=1S/C17H20N4.HI/c1-13-6-5-8-15(20-13)12-19-17(18-2)21-11-10-14-7-3-4-9-16(14)21;/h3-9H,10-12H2,1-2H3,(H,18,19);1H. The van der Waals surface area contributed by atoms with Gasteiger partial charge in [-0.1, -0.05) is 24.3 Å². The third-order valence-electron chi connectivity index (χ3n) is 3.73. The lowest BCUT2D eigenvalue weighted by Crippen LogP contribution is -2.40. The van der Waals surface area contributed by atoms with Crippen molar-refractivity contribution in [3.8, 4) is 0 Å². The molecule has 22 heavy (non-hydrogen) atoms. The van der Waals surface area contributed by atoms with Crippen LogP contribution in [0.4, 0.5) is 5.69 Å². The lowest BCUT2D eigenvalue weighted by Gasteiger charge is -2.22. The topological polar surface area (TPSA) is 40.5 Å². The predicted molar refractivity (Wildman–Crippen MR) is 102 cm³/mol. The molecule has 0 fully saturated rings. The molecule has 1 aliphatic rings. The zero-order chi connectivity index (χ0) is 14.7. The number of hydrogen-bond donors (Lipinski definition) is 1. The zero-order valence-electron chi connectivity index (χ0n) is 12.9. The summed E-state index contributed by atoms with van der Waals surface area (Å²) in [5.74, 6) is 0.906. The van der Waals surface area contributed by atoms with Gasteiger partial charge in [0.1, 0.15) is 0 Å². The van der Waals surface area contributed by atoms with E-state index in [0.29, 0.717) is 6.54 Å². The van der Waals surface area contributed by atoms with Crippen LogP contribution in [-0.4, -0.2) is 24.5 Å². The van der Waals surface area contributed by atoms with Gasteiger partial charge in [0.25, 0.3) is 0 Å². The molecule has 0 radical (unpaired) electrons. The van der Waals surface area contributed by atoms with Gasteiger partial charge in [0.15, 0.2) is 5.96 Å². The van der Waals surface area contributed by atoms with Gasteiger partial charge in [0.2, 0.25) is 0 Å². The molecule has 0 amide bonds. The second-order valence-corrected chi connectivity index (χ2v) is 5.20. The molecule has 1 aromatic carbocycles. The molecule has 0 spiro atoms. The number of halogens is 1. The van der Waals surface area contributed by atoms with E-state index in [1.165, 1.54) is 11.3 Å². The third kappa shape index (κ3) is 3.58. The molecule has 2 heterocycles. The van der Waals surface area contributed by atoms with Gasteiger partial charge in [-0.25, -0.2) is 0 Å². The number of rotatable bonds is 2. The molecule has 2 aromatic rings. The van der Waals surface area contributed by atoms with E-state index >= 15 is 0 Å². The zero-order valence-corrected chi connectivity index (χ0v) is 15.2. The number of hydrogen-bond acceptors (Lipinski definition) is 2. The second-order valence-electron chi connectivity index (χ2n) is 5.20. The fourth-order valence-corrected chi connectivity index (χ4v) is 2.72. The molecule has 0 aliphatic carbocycles. The number of pyridine rings is 1. The van der Waals surface area contributed by atoms with Crippen LogP contribution in [0.15, 0.2) is 47.5 Å². The maximum atomic E-state index is 4.51. The summed E-state index contributed by atoms with van der Waals surface area (Å²) in [4.78, 5) is 11.2. The average molecular weight is 408 g/mol. The number of aryl methyl sites for hydroxylation is 1. The van der Waals surface area contributed by atoms with Crippen molar-refractivity contribution in [1.82, 2.24) is 10.3 Å². The fraction of sp³-hybridized carbons (Fsp3) is 0.294. The van der Waals surface area contributed by atoms with Crippen molar-refractivity contribution in [3.05, 3.63) is 59.4 Å². The maximum Gasteiger partial charge on any atom is 0.198 e. The highest BCUT2D eigenvalue weighted by Gasteiger charge is 2.22. The molecule has 0 unspecified atom stereocenters.